The number of nitrogens with two attached hydrogens (primary N) is 1. The molecule has 4 aromatic carbocycles. The van der Waals surface area contributed by atoms with Crippen LogP contribution >= 0.6 is 12.4 Å². The maximum atomic E-state index is 13.5. The number of fused-ring (bicyclic) bond motifs is 2. The average molecular weight is 953 g/mol. The topological polar surface area (TPSA) is 201 Å². The molecule has 9 rings (SSSR count). The van der Waals surface area contributed by atoms with Crippen LogP contribution in [0.25, 0.3) is 0 Å². The molecule has 3 amide bonds. The Bertz CT molecular complexity index is 2660. The van der Waals surface area contributed by atoms with Gasteiger partial charge in [0.05, 0.1) is 19.3 Å². The first-order valence-corrected chi connectivity index (χ1v) is 22.5. The summed E-state index contributed by atoms with van der Waals surface area (Å²) in [7, 11) is 0. The van der Waals surface area contributed by atoms with Crippen molar-refractivity contribution in [1.29, 1.82) is 0 Å². The smallest absolute Gasteiger partial charge is 0.419 e. The highest BCUT2D eigenvalue weighted by Crippen LogP contribution is 2.35. The first-order valence-electron chi connectivity index (χ1n) is 22.5. The molecule has 358 valence electrons. The molecule has 14 nitrogen and oxygen atoms in total. The second-order valence-electron chi connectivity index (χ2n) is 17.4. The fourth-order valence-corrected chi connectivity index (χ4v) is 8.83. The summed E-state index contributed by atoms with van der Waals surface area (Å²) in [4.78, 5) is 74.9. The summed E-state index contributed by atoms with van der Waals surface area (Å²) in [5.74, 6) is -0.244. The lowest BCUT2D eigenvalue weighted by atomic mass is 10.0. The van der Waals surface area contributed by atoms with E-state index in [1.54, 1.807) is 44.2 Å². The number of ketones is 2. The SMILES string of the molecule is Cc1cc(NC(=O)c2cccc3c2CC[C@@H]3N)ccc1F.Cc1cc(NC(=O)c2cccc3c2CC[C@@H]3NC(=O)OC[C@H]2CCC(=O)C2)ccc1F.Cl.O=C1CC[C@H](COC(=O)n2ccnc2)C1. The normalized spacial score (nSPS) is 18.7. The number of anilines is 2. The van der Waals surface area contributed by atoms with Crippen molar-refractivity contribution in [3.8, 4) is 0 Å². The molecule has 4 aliphatic rings. The molecule has 5 aromatic rings. The lowest BCUT2D eigenvalue weighted by molar-refractivity contribution is -0.118. The van der Waals surface area contributed by atoms with Crippen LogP contribution in [0.15, 0.2) is 91.5 Å². The molecule has 17 heteroatoms. The summed E-state index contributed by atoms with van der Waals surface area (Å²) in [6.45, 7) is 3.88. The number of aryl methyl sites for hydroxylation is 2. The van der Waals surface area contributed by atoms with Gasteiger partial charge in [-0.05, 0) is 134 Å². The summed E-state index contributed by atoms with van der Waals surface area (Å²) in [5.41, 5.74) is 13.2. The fourth-order valence-electron chi connectivity index (χ4n) is 8.83. The van der Waals surface area contributed by atoms with E-state index in [1.807, 2.05) is 24.3 Å². The number of ether oxygens (including phenoxy) is 2. The highest BCUT2D eigenvalue weighted by Gasteiger charge is 2.30. The van der Waals surface area contributed by atoms with Gasteiger partial charge in [-0.15, -0.1) is 12.4 Å². The molecule has 68 heavy (non-hydrogen) atoms. The number of imidazole rings is 1. The van der Waals surface area contributed by atoms with Crippen molar-refractivity contribution in [3.63, 3.8) is 0 Å². The Labute approximate surface area is 399 Å². The number of hydrogen-bond donors (Lipinski definition) is 4. The van der Waals surface area contributed by atoms with Crippen LogP contribution in [-0.2, 0) is 31.9 Å². The van der Waals surface area contributed by atoms with Gasteiger partial charge >= 0.3 is 12.2 Å². The van der Waals surface area contributed by atoms with E-state index in [1.165, 1.54) is 41.5 Å². The molecule has 0 radical (unpaired) electrons. The Morgan fingerprint density at radius 3 is 1.75 bits per heavy atom. The first-order chi connectivity index (χ1) is 32.2. The largest absolute Gasteiger partial charge is 0.449 e. The number of amides is 3. The zero-order valence-corrected chi connectivity index (χ0v) is 38.7. The molecule has 4 atom stereocenters. The van der Waals surface area contributed by atoms with Gasteiger partial charge in [0.1, 0.15) is 29.5 Å². The number of benzene rings is 4. The number of carbonyl (C=O) groups is 6. The van der Waals surface area contributed by atoms with Crippen LogP contribution in [-0.4, -0.2) is 58.3 Å². The number of Topliss-reactive ketones (excluding diaryl/α,β-unsaturated/α-hetero) is 2. The van der Waals surface area contributed by atoms with Gasteiger partial charge in [0.25, 0.3) is 11.8 Å². The number of alkyl carbamates (subject to hydrolysis) is 1. The monoisotopic (exact) mass is 952 g/mol. The lowest BCUT2D eigenvalue weighted by Gasteiger charge is -2.16. The predicted molar refractivity (Wildman–Crippen MR) is 253 cm³/mol. The van der Waals surface area contributed by atoms with Crippen LogP contribution in [0.3, 0.4) is 0 Å². The van der Waals surface area contributed by atoms with E-state index in [4.69, 9.17) is 15.2 Å². The van der Waals surface area contributed by atoms with E-state index >= 15 is 0 Å². The number of rotatable bonds is 9. The van der Waals surface area contributed by atoms with E-state index in [2.05, 4.69) is 20.9 Å². The maximum Gasteiger partial charge on any atom is 0.419 e. The number of aromatic nitrogens is 2. The van der Waals surface area contributed by atoms with Crippen LogP contribution in [0.2, 0.25) is 0 Å². The number of carbonyl (C=O) groups excluding carboxylic acids is 6. The molecular formula is C51H55ClF2N6O8. The van der Waals surface area contributed by atoms with E-state index in [0.717, 1.165) is 47.9 Å². The van der Waals surface area contributed by atoms with E-state index in [0.29, 0.717) is 78.8 Å². The van der Waals surface area contributed by atoms with Gasteiger partial charge in [0, 0.05) is 78.5 Å². The third kappa shape index (κ3) is 13.0. The van der Waals surface area contributed by atoms with Crippen molar-refractivity contribution >= 4 is 59.3 Å². The molecule has 2 saturated carbocycles. The quantitative estimate of drug-likeness (QED) is 0.110. The van der Waals surface area contributed by atoms with Crippen LogP contribution in [0.1, 0.15) is 118 Å². The van der Waals surface area contributed by atoms with Crippen LogP contribution in [0.4, 0.5) is 29.7 Å². The number of hydrogen-bond acceptors (Lipinski definition) is 10. The van der Waals surface area contributed by atoms with Gasteiger partial charge < -0.3 is 31.2 Å². The zero-order chi connectivity index (χ0) is 47.6. The standard InChI is InChI=1S/C24H25FN2O4.C17H17FN2O.C10H12N2O3.ClH/c1-14-11-16(6-9-21(14)25)26-23(29)20-4-2-3-19-18(20)8-10-22(19)27-24(30)31-13-15-5-7-17(28)12-15;1-10-9-11(5-7-15(10)18)20-17(21)14-4-2-3-13-12(14)6-8-16(13)19;13-9-2-1-8(5-9)6-15-10(14)12-4-3-11-7-12;/h2-4,6,9,11,15,22H,5,7-8,10,12-13H2,1H3,(H,26,29)(H,27,30);2-5,7,9,16H,6,8,19H2,1H3,(H,20,21);3-4,7-8H,1-2,5-6H2;1H/t15-,22-;16-;8-;/m000./s1. The van der Waals surface area contributed by atoms with Gasteiger partial charge in [-0.1, -0.05) is 24.3 Å². The molecule has 0 saturated heterocycles. The van der Waals surface area contributed by atoms with Crippen molar-refractivity contribution in [3.05, 3.63) is 148 Å². The molecule has 2 fully saturated rings. The van der Waals surface area contributed by atoms with Crippen LogP contribution in [0.5, 0.6) is 0 Å². The fraction of sp³-hybridized carbons (Fsp3) is 0.353. The summed E-state index contributed by atoms with van der Waals surface area (Å²) in [6, 6.07) is 19.9. The second-order valence-corrected chi connectivity index (χ2v) is 17.4. The Morgan fingerprint density at radius 1 is 0.706 bits per heavy atom. The maximum absolute atomic E-state index is 13.5. The predicted octanol–water partition coefficient (Wildman–Crippen LogP) is 9.46. The Balaban J connectivity index is 0.000000178. The zero-order valence-electron chi connectivity index (χ0n) is 37.9. The first kappa shape index (κ1) is 50.6. The highest BCUT2D eigenvalue weighted by molar-refractivity contribution is 6.06. The third-order valence-corrected chi connectivity index (χ3v) is 12.5. The van der Waals surface area contributed by atoms with E-state index in [-0.39, 0.29) is 77.9 Å². The van der Waals surface area contributed by atoms with Crippen molar-refractivity contribution < 1.29 is 47.0 Å². The van der Waals surface area contributed by atoms with Gasteiger partial charge in [0.15, 0.2) is 0 Å². The number of nitrogens with zero attached hydrogens (tertiary/aromatic N) is 2. The minimum Gasteiger partial charge on any atom is -0.449 e. The minimum atomic E-state index is -0.506. The Kier molecular flexibility index (Phi) is 17.3. The molecule has 0 aliphatic heterocycles. The van der Waals surface area contributed by atoms with E-state index in [9.17, 15) is 37.5 Å². The summed E-state index contributed by atoms with van der Waals surface area (Å²) in [5, 5.41) is 8.53. The second kappa shape index (κ2) is 23.3. The van der Waals surface area contributed by atoms with Crippen LogP contribution in [0, 0.1) is 37.3 Å². The van der Waals surface area contributed by atoms with Gasteiger partial charge in [-0.2, -0.15) is 0 Å². The number of halogens is 3. The van der Waals surface area contributed by atoms with Gasteiger partial charge in [-0.3, -0.25) is 19.2 Å². The Hall–Kier alpha value is -6.78. The molecule has 1 aromatic heterocycles. The molecule has 5 N–H and O–H groups in total. The minimum absolute atomic E-state index is 0. The summed E-state index contributed by atoms with van der Waals surface area (Å²) >= 11 is 0. The van der Waals surface area contributed by atoms with Crippen molar-refractivity contribution in [2.45, 2.75) is 90.1 Å². The van der Waals surface area contributed by atoms with Gasteiger partial charge in [-0.25, -0.2) is 27.9 Å². The lowest BCUT2D eigenvalue weighted by Crippen LogP contribution is -2.29. The average Bonchev–Trinajstić information content (AvgIpc) is 4.19. The molecular weight excluding hydrogens is 898 g/mol. The van der Waals surface area contributed by atoms with E-state index < -0.39 is 12.2 Å². The molecule has 0 unspecified atom stereocenters. The molecule has 0 spiro atoms. The van der Waals surface area contributed by atoms with Crippen molar-refractivity contribution in [2.24, 2.45) is 17.6 Å². The molecule has 0 bridgehead atoms. The number of nitrogens with one attached hydrogen (secondary N) is 3. The summed E-state index contributed by atoms with van der Waals surface area (Å²) < 4.78 is 38.4. The van der Waals surface area contributed by atoms with Gasteiger partial charge in [0.2, 0.25) is 0 Å². The van der Waals surface area contributed by atoms with Crippen molar-refractivity contribution in [2.75, 3.05) is 23.8 Å². The summed E-state index contributed by atoms with van der Waals surface area (Å²) in [6.07, 6.45) is 10.3. The van der Waals surface area contributed by atoms with Crippen molar-refractivity contribution in [1.82, 2.24) is 14.9 Å². The molecule has 4 aliphatic carbocycles. The molecule has 1 heterocycles. The van der Waals surface area contributed by atoms with Crippen LogP contribution < -0.4 is 21.7 Å². The Morgan fingerprint density at radius 2 is 1.24 bits per heavy atom. The highest BCUT2D eigenvalue weighted by atomic mass is 35.5. The third-order valence-electron chi connectivity index (χ3n) is 12.5.